The van der Waals surface area contributed by atoms with Gasteiger partial charge < -0.3 is 14.6 Å². The number of aliphatic hydroxyl groups is 1. The molecule has 9 heteroatoms. The summed E-state index contributed by atoms with van der Waals surface area (Å²) in [5.74, 6) is -6.17. The molecule has 2 aliphatic carbocycles. The molecule has 236 valence electrons. The topological polar surface area (TPSA) is 38.7 Å². The number of rotatable bonds is 9. The molecular weight excluding hydrogens is 582 g/mol. The van der Waals surface area contributed by atoms with Gasteiger partial charge in [-0.1, -0.05) is 30.3 Å². The first kappa shape index (κ1) is 32.1. The minimum absolute atomic E-state index is 0.0160. The van der Waals surface area contributed by atoms with E-state index in [9.17, 15) is 31.4 Å². The van der Waals surface area contributed by atoms with Crippen LogP contribution in [-0.2, 0) is 11.3 Å². The van der Waals surface area contributed by atoms with Crippen molar-refractivity contribution < 1.29 is 40.9 Å². The van der Waals surface area contributed by atoms with Crippen molar-refractivity contribution in [2.75, 3.05) is 6.61 Å². The largest absolute Gasteiger partial charge is 0.491 e. The number of benzene rings is 3. The third-order valence-electron chi connectivity index (χ3n) is 9.02. The second kappa shape index (κ2) is 13.8. The van der Waals surface area contributed by atoms with E-state index in [2.05, 4.69) is 0 Å². The van der Waals surface area contributed by atoms with Gasteiger partial charge in [0.25, 0.3) is 0 Å². The van der Waals surface area contributed by atoms with Crippen molar-refractivity contribution in [3.63, 3.8) is 0 Å². The second-order valence-corrected chi connectivity index (χ2v) is 11.7. The molecule has 3 aromatic carbocycles. The van der Waals surface area contributed by atoms with E-state index in [-0.39, 0.29) is 41.8 Å². The van der Waals surface area contributed by atoms with Gasteiger partial charge in [0.1, 0.15) is 0 Å². The van der Waals surface area contributed by atoms with Gasteiger partial charge in [-0.2, -0.15) is 4.39 Å². The summed E-state index contributed by atoms with van der Waals surface area (Å²) in [6, 6.07) is 7.83. The maximum atomic E-state index is 14.9. The predicted octanol–water partition coefficient (Wildman–Crippen LogP) is 9.60. The quantitative estimate of drug-likeness (QED) is 0.243. The maximum absolute atomic E-state index is 14.9. The van der Waals surface area contributed by atoms with Gasteiger partial charge in [-0.05, 0) is 88.3 Å². The fourth-order valence-electron chi connectivity index (χ4n) is 6.51. The van der Waals surface area contributed by atoms with Gasteiger partial charge in [0.05, 0.1) is 25.4 Å². The summed E-state index contributed by atoms with van der Waals surface area (Å²) >= 11 is 0. The lowest BCUT2D eigenvalue weighted by Gasteiger charge is -2.35. The fraction of sp³-hybridized carbons (Fsp3) is 0.429. The van der Waals surface area contributed by atoms with Gasteiger partial charge in [0.2, 0.25) is 5.82 Å². The third-order valence-corrected chi connectivity index (χ3v) is 9.02. The minimum atomic E-state index is -1.36. The Balaban J connectivity index is 1.15. The second-order valence-electron chi connectivity index (χ2n) is 11.7. The molecule has 0 saturated heterocycles. The van der Waals surface area contributed by atoms with Crippen molar-refractivity contribution in [2.24, 2.45) is 11.8 Å². The summed E-state index contributed by atoms with van der Waals surface area (Å²) in [4.78, 5) is 0. The van der Waals surface area contributed by atoms with E-state index < -0.39 is 52.1 Å². The first-order chi connectivity index (χ1) is 21.1. The molecule has 0 spiro atoms. The fourth-order valence-corrected chi connectivity index (χ4v) is 6.51. The van der Waals surface area contributed by atoms with Crippen LogP contribution < -0.4 is 4.74 Å². The van der Waals surface area contributed by atoms with Crippen LogP contribution in [0.3, 0.4) is 0 Å². The van der Waals surface area contributed by atoms with E-state index >= 15 is 0 Å². The highest BCUT2D eigenvalue weighted by Gasteiger charge is 2.30. The lowest BCUT2D eigenvalue weighted by Crippen LogP contribution is -2.27. The van der Waals surface area contributed by atoms with Crippen LogP contribution in [0.5, 0.6) is 5.75 Å². The van der Waals surface area contributed by atoms with Crippen LogP contribution in [0.25, 0.3) is 16.7 Å². The first-order valence-electron chi connectivity index (χ1n) is 15.2. The zero-order valence-corrected chi connectivity index (χ0v) is 24.7. The predicted molar refractivity (Wildman–Crippen MR) is 156 cm³/mol. The lowest BCUT2D eigenvalue weighted by atomic mass is 9.73. The standard InChI is InChI=1S/C35H36F6O3/c1-3-43-29-17-16-26(32(38)35(29)41)22-6-4-20(5-7-22)21-8-11-24(12-9-21)44-18-23-10-13-27(33(39)30(23)36)28-15-14-25(19(2)42)31(37)34(28)40/h6,10,13-17,19-21,24,42H,3-5,7-9,11-12,18H2,1-2H3. The Hall–Kier alpha value is -3.30. The van der Waals surface area contributed by atoms with Gasteiger partial charge in [-0.3, -0.25) is 0 Å². The average Bonchev–Trinajstić information content (AvgIpc) is 3.02. The Morgan fingerprint density at radius 3 is 2.00 bits per heavy atom. The summed E-state index contributed by atoms with van der Waals surface area (Å²) < 4.78 is 98.9. The molecule has 3 nitrogen and oxygen atoms in total. The van der Waals surface area contributed by atoms with Crippen LogP contribution in [0.15, 0.2) is 42.5 Å². The lowest BCUT2D eigenvalue weighted by molar-refractivity contribution is -0.000996. The smallest absolute Gasteiger partial charge is 0.201 e. The summed E-state index contributed by atoms with van der Waals surface area (Å²) in [6.45, 7) is 3.09. The molecule has 0 aliphatic heterocycles. The normalized spacial score (nSPS) is 21.2. The number of aliphatic hydroxyl groups excluding tert-OH is 1. The molecule has 1 saturated carbocycles. The molecule has 3 aromatic rings. The van der Waals surface area contributed by atoms with E-state index in [0.29, 0.717) is 18.3 Å². The molecule has 0 amide bonds. The van der Waals surface area contributed by atoms with Gasteiger partial charge in [0.15, 0.2) is 34.8 Å². The van der Waals surface area contributed by atoms with Crippen LogP contribution >= 0.6 is 0 Å². The SMILES string of the molecule is CCOc1ccc(C2=CCC(C3CCC(OCc4ccc(-c5ccc(C(C)O)c(F)c5F)c(F)c4F)CC3)CC2)c(F)c1F. The molecule has 1 N–H and O–H groups in total. The zero-order chi connectivity index (χ0) is 31.5. The Morgan fingerprint density at radius 2 is 1.36 bits per heavy atom. The Labute approximate surface area is 253 Å². The van der Waals surface area contributed by atoms with Crippen LogP contribution in [0.1, 0.15) is 81.6 Å². The van der Waals surface area contributed by atoms with Crippen molar-refractivity contribution in [1.82, 2.24) is 0 Å². The van der Waals surface area contributed by atoms with E-state index in [1.165, 1.54) is 25.1 Å². The van der Waals surface area contributed by atoms with E-state index in [0.717, 1.165) is 56.2 Å². The Bertz CT molecular complexity index is 1530. The molecular formula is C35H36F6O3. The van der Waals surface area contributed by atoms with Crippen molar-refractivity contribution in [3.8, 4) is 16.9 Å². The van der Waals surface area contributed by atoms with Crippen LogP contribution in [0, 0.1) is 46.7 Å². The van der Waals surface area contributed by atoms with E-state index in [4.69, 9.17) is 9.47 Å². The summed E-state index contributed by atoms with van der Waals surface area (Å²) in [5.41, 5.74) is -0.0475. The average molecular weight is 619 g/mol. The molecule has 2 unspecified atom stereocenters. The highest BCUT2D eigenvalue weighted by molar-refractivity contribution is 5.68. The van der Waals surface area contributed by atoms with Crippen molar-refractivity contribution in [2.45, 2.75) is 77.6 Å². The van der Waals surface area contributed by atoms with Gasteiger partial charge in [-0.25, -0.2) is 22.0 Å². The van der Waals surface area contributed by atoms with Crippen molar-refractivity contribution in [1.29, 1.82) is 0 Å². The molecule has 0 aromatic heterocycles. The van der Waals surface area contributed by atoms with Gasteiger partial charge >= 0.3 is 0 Å². The van der Waals surface area contributed by atoms with Crippen molar-refractivity contribution in [3.05, 3.63) is 94.1 Å². The Morgan fingerprint density at radius 1 is 0.727 bits per heavy atom. The molecule has 1 fully saturated rings. The van der Waals surface area contributed by atoms with Crippen LogP contribution in [0.2, 0.25) is 0 Å². The zero-order valence-electron chi connectivity index (χ0n) is 24.7. The first-order valence-corrected chi connectivity index (χ1v) is 15.2. The molecule has 2 atom stereocenters. The highest BCUT2D eigenvalue weighted by atomic mass is 19.2. The third kappa shape index (κ3) is 6.54. The number of hydrogen-bond donors (Lipinski definition) is 1. The molecule has 2 aliphatic rings. The van der Waals surface area contributed by atoms with Crippen LogP contribution in [-0.4, -0.2) is 17.8 Å². The monoisotopic (exact) mass is 618 g/mol. The van der Waals surface area contributed by atoms with Gasteiger partial charge in [-0.15, -0.1) is 0 Å². The summed E-state index contributed by atoms with van der Waals surface area (Å²) in [6.07, 6.45) is 6.30. The van der Waals surface area contributed by atoms with Gasteiger partial charge in [0, 0.05) is 27.8 Å². The Kier molecular flexibility index (Phi) is 10.1. The highest BCUT2D eigenvalue weighted by Crippen LogP contribution is 2.42. The molecule has 0 heterocycles. The van der Waals surface area contributed by atoms with E-state index in [1.54, 1.807) is 13.0 Å². The number of ether oxygens (including phenoxy) is 2. The molecule has 0 bridgehead atoms. The molecule has 44 heavy (non-hydrogen) atoms. The summed E-state index contributed by atoms with van der Waals surface area (Å²) in [7, 11) is 0. The maximum Gasteiger partial charge on any atom is 0.201 e. The van der Waals surface area contributed by atoms with E-state index in [1.807, 2.05) is 6.08 Å². The molecule has 0 radical (unpaired) electrons. The summed E-state index contributed by atoms with van der Waals surface area (Å²) in [5, 5.41) is 9.58. The number of hydrogen-bond acceptors (Lipinski definition) is 3. The van der Waals surface area contributed by atoms with Crippen molar-refractivity contribution >= 4 is 5.57 Å². The number of allylic oxidation sites excluding steroid dienone is 2. The van der Waals surface area contributed by atoms with Crippen LogP contribution in [0.4, 0.5) is 26.3 Å². The number of halogens is 6. The minimum Gasteiger partial charge on any atom is -0.491 e. The molecule has 5 rings (SSSR count).